The Morgan fingerprint density at radius 2 is 2.00 bits per heavy atom. The lowest BCUT2D eigenvalue weighted by Crippen LogP contribution is -2.45. The molecule has 1 N–H and O–H groups in total. The minimum Gasteiger partial charge on any atom is -0.468 e. The maximum atomic E-state index is 11.7. The van der Waals surface area contributed by atoms with Gasteiger partial charge in [0.2, 0.25) is 0 Å². The third-order valence-electron chi connectivity index (χ3n) is 3.69. The van der Waals surface area contributed by atoms with Gasteiger partial charge in [0, 0.05) is 32.3 Å². The molecule has 0 saturated carbocycles. The van der Waals surface area contributed by atoms with E-state index in [4.69, 9.17) is 9.47 Å². The van der Waals surface area contributed by atoms with Crippen LogP contribution in [0.1, 0.15) is 40.0 Å². The van der Waals surface area contributed by atoms with Crippen LogP contribution in [-0.4, -0.2) is 62.4 Å². The Balaban J connectivity index is 2.31. The third-order valence-corrected chi connectivity index (χ3v) is 3.69. The Labute approximate surface area is 123 Å². The lowest BCUT2D eigenvalue weighted by Gasteiger charge is -2.32. The van der Waals surface area contributed by atoms with Crippen molar-refractivity contribution in [3.8, 4) is 0 Å². The Morgan fingerprint density at radius 3 is 2.50 bits per heavy atom. The van der Waals surface area contributed by atoms with Crippen molar-refractivity contribution in [1.29, 1.82) is 0 Å². The van der Waals surface area contributed by atoms with Crippen LogP contribution < -0.4 is 5.32 Å². The van der Waals surface area contributed by atoms with Gasteiger partial charge in [0.1, 0.15) is 6.04 Å². The third kappa shape index (κ3) is 6.20. The van der Waals surface area contributed by atoms with Crippen LogP contribution in [0.25, 0.3) is 0 Å². The van der Waals surface area contributed by atoms with Crippen LogP contribution in [-0.2, 0) is 14.3 Å². The highest BCUT2D eigenvalue weighted by molar-refractivity contribution is 5.75. The number of likely N-dealkylation sites (tertiary alicyclic amines) is 1. The second kappa shape index (κ2) is 9.32. The first-order valence-corrected chi connectivity index (χ1v) is 7.74. The molecule has 1 unspecified atom stereocenters. The summed E-state index contributed by atoms with van der Waals surface area (Å²) < 4.78 is 10.5. The molecule has 20 heavy (non-hydrogen) atoms. The molecule has 118 valence electrons. The molecular formula is C15H30N2O3. The molecule has 5 heteroatoms. The van der Waals surface area contributed by atoms with Gasteiger partial charge in [-0.1, -0.05) is 13.8 Å². The molecule has 0 bridgehead atoms. The van der Waals surface area contributed by atoms with Gasteiger partial charge in [0.25, 0.3) is 0 Å². The molecule has 1 saturated heterocycles. The Morgan fingerprint density at radius 1 is 1.35 bits per heavy atom. The number of methoxy groups -OCH3 is 1. The second-order valence-corrected chi connectivity index (χ2v) is 5.68. The molecule has 0 aromatic heterocycles. The molecule has 0 aromatic rings. The molecule has 5 nitrogen and oxygen atoms in total. The van der Waals surface area contributed by atoms with Gasteiger partial charge in [-0.25, -0.2) is 0 Å². The van der Waals surface area contributed by atoms with E-state index in [1.165, 1.54) is 7.11 Å². The van der Waals surface area contributed by atoms with E-state index in [9.17, 15) is 4.79 Å². The number of rotatable bonds is 8. The number of nitrogens with zero attached hydrogens (tertiary/aromatic N) is 1. The van der Waals surface area contributed by atoms with Gasteiger partial charge in [0.05, 0.1) is 13.2 Å². The largest absolute Gasteiger partial charge is 0.468 e. The summed E-state index contributed by atoms with van der Waals surface area (Å²) in [6.45, 7) is 9.98. The zero-order chi connectivity index (χ0) is 15.0. The lowest BCUT2D eigenvalue weighted by atomic mass is 10.1. The van der Waals surface area contributed by atoms with Crippen molar-refractivity contribution in [3.63, 3.8) is 0 Å². The topological polar surface area (TPSA) is 50.8 Å². The fourth-order valence-corrected chi connectivity index (χ4v) is 2.66. The molecule has 0 aromatic carbocycles. The van der Waals surface area contributed by atoms with E-state index in [1.807, 2.05) is 20.8 Å². The van der Waals surface area contributed by atoms with Crippen LogP contribution >= 0.6 is 0 Å². The van der Waals surface area contributed by atoms with Crippen molar-refractivity contribution in [2.75, 3.05) is 33.4 Å². The van der Waals surface area contributed by atoms with Crippen LogP contribution in [0.3, 0.4) is 0 Å². The molecule has 1 heterocycles. The maximum absolute atomic E-state index is 11.7. The van der Waals surface area contributed by atoms with Crippen LogP contribution in [0.4, 0.5) is 0 Å². The summed E-state index contributed by atoms with van der Waals surface area (Å²) >= 11 is 0. The fraction of sp³-hybridized carbons (Fsp3) is 0.933. The number of ether oxygens (including phenoxy) is 2. The predicted molar refractivity (Wildman–Crippen MR) is 79.8 cm³/mol. The van der Waals surface area contributed by atoms with Gasteiger partial charge in [-0.3, -0.25) is 4.79 Å². The van der Waals surface area contributed by atoms with E-state index in [0.29, 0.717) is 6.10 Å². The summed E-state index contributed by atoms with van der Waals surface area (Å²) in [5.41, 5.74) is 0. The molecular weight excluding hydrogens is 256 g/mol. The predicted octanol–water partition coefficient (Wildman–Crippen LogP) is 1.42. The van der Waals surface area contributed by atoms with Crippen molar-refractivity contribution < 1.29 is 14.3 Å². The van der Waals surface area contributed by atoms with Gasteiger partial charge in [0.15, 0.2) is 0 Å². The number of nitrogens with one attached hydrogen (secondary N) is 1. The lowest BCUT2D eigenvalue weighted by molar-refractivity contribution is -0.143. The summed E-state index contributed by atoms with van der Waals surface area (Å²) in [5, 5.41) is 3.27. The SMILES string of the molecule is CCOC1CCN(CCC(NC(C)C)C(=O)OC)CC1. The summed E-state index contributed by atoms with van der Waals surface area (Å²) in [4.78, 5) is 14.1. The Hall–Kier alpha value is -0.650. The molecule has 1 rings (SSSR count). The van der Waals surface area contributed by atoms with Gasteiger partial charge in [-0.05, 0) is 26.2 Å². The molecule has 0 spiro atoms. The smallest absolute Gasteiger partial charge is 0.322 e. The van der Waals surface area contributed by atoms with Crippen LogP contribution in [0.15, 0.2) is 0 Å². The second-order valence-electron chi connectivity index (χ2n) is 5.68. The molecule has 1 aliphatic rings. The summed E-state index contributed by atoms with van der Waals surface area (Å²) in [5.74, 6) is -0.164. The van der Waals surface area contributed by atoms with Gasteiger partial charge in [-0.15, -0.1) is 0 Å². The highest BCUT2D eigenvalue weighted by Crippen LogP contribution is 2.14. The van der Waals surface area contributed by atoms with Crippen molar-refractivity contribution in [2.45, 2.75) is 58.2 Å². The van der Waals surface area contributed by atoms with Crippen molar-refractivity contribution >= 4 is 5.97 Å². The van der Waals surface area contributed by atoms with Gasteiger partial charge >= 0.3 is 5.97 Å². The zero-order valence-electron chi connectivity index (χ0n) is 13.4. The number of carbonyl (C=O) groups is 1. The molecule has 1 aliphatic heterocycles. The van der Waals surface area contributed by atoms with Crippen LogP contribution in [0.5, 0.6) is 0 Å². The van der Waals surface area contributed by atoms with E-state index >= 15 is 0 Å². The highest BCUT2D eigenvalue weighted by atomic mass is 16.5. The van der Waals surface area contributed by atoms with E-state index in [2.05, 4.69) is 10.2 Å². The molecule has 0 amide bonds. The average molecular weight is 286 g/mol. The fourth-order valence-electron chi connectivity index (χ4n) is 2.66. The number of piperidine rings is 1. The molecule has 1 fully saturated rings. The number of carbonyl (C=O) groups excluding carboxylic acids is 1. The van der Waals surface area contributed by atoms with Crippen LogP contribution in [0, 0.1) is 0 Å². The van der Waals surface area contributed by atoms with E-state index in [1.54, 1.807) is 0 Å². The van der Waals surface area contributed by atoms with Gasteiger partial charge < -0.3 is 19.7 Å². The van der Waals surface area contributed by atoms with Crippen molar-refractivity contribution in [1.82, 2.24) is 10.2 Å². The average Bonchev–Trinajstić information content (AvgIpc) is 2.44. The maximum Gasteiger partial charge on any atom is 0.322 e. The molecule has 0 radical (unpaired) electrons. The standard InChI is InChI=1S/C15H30N2O3/c1-5-20-13-6-9-17(10-7-13)11-8-14(15(18)19-4)16-12(2)3/h12-14,16H,5-11H2,1-4H3. The summed E-state index contributed by atoms with van der Waals surface area (Å²) in [7, 11) is 1.45. The summed E-state index contributed by atoms with van der Waals surface area (Å²) in [6.07, 6.45) is 3.40. The Kier molecular flexibility index (Phi) is 8.11. The molecule has 1 atom stereocenters. The van der Waals surface area contributed by atoms with Gasteiger partial charge in [-0.2, -0.15) is 0 Å². The quantitative estimate of drug-likeness (QED) is 0.684. The monoisotopic (exact) mass is 286 g/mol. The minimum absolute atomic E-state index is 0.164. The van der Waals surface area contributed by atoms with E-state index in [0.717, 1.165) is 45.5 Å². The molecule has 0 aliphatic carbocycles. The first-order chi connectivity index (χ1) is 9.56. The first-order valence-electron chi connectivity index (χ1n) is 7.74. The Bertz CT molecular complexity index is 276. The first kappa shape index (κ1) is 17.4. The number of hydrogen-bond donors (Lipinski definition) is 1. The summed E-state index contributed by atoms with van der Waals surface area (Å²) in [6, 6.07) is 0.0763. The normalized spacial score (nSPS) is 19.2. The van der Waals surface area contributed by atoms with Crippen LogP contribution in [0.2, 0.25) is 0 Å². The van der Waals surface area contributed by atoms with E-state index in [-0.39, 0.29) is 18.1 Å². The number of esters is 1. The van der Waals surface area contributed by atoms with E-state index < -0.39 is 0 Å². The minimum atomic E-state index is -0.204. The number of hydrogen-bond acceptors (Lipinski definition) is 5. The highest BCUT2D eigenvalue weighted by Gasteiger charge is 2.23. The van der Waals surface area contributed by atoms with Crippen molar-refractivity contribution in [3.05, 3.63) is 0 Å². The van der Waals surface area contributed by atoms with Crippen molar-refractivity contribution in [2.24, 2.45) is 0 Å². The zero-order valence-corrected chi connectivity index (χ0v) is 13.4.